The average Bonchev–Trinajstić information content (AvgIpc) is 2.41. The first-order valence-corrected chi connectivity index (χ1v) is 6.19. The number of rotatable bonds is 10. The van der Waals surface area contributed by atoms with Crippen LogP contribution in [0.5, 0.6) is 5.75 Å². The fraction of sp³-hybridized carbons (Fsp3) is 0.462. The van der Waals surface area contributed by atoms with Crippen LogP contribution in [0.15, 0.2) is 24.3 Å². The minimum Gasteiger partial charge on any atom is -0.482 e. The summed E-state index contributed by atoms with van der Waals surface area (Å²) in [6, 6.07) is 7.34. The summed E-state index contributed by atoms with van der Waals surface area (Å²) < 4.78 is 5.21. The Labute approximate surface area is 112 Å². The van der Waals surface area contributed by atoms with Gasteiger partial charge in [-0.1, -0.05) is 18.2 Å². The van der Waals surface area contributed by atoms with Crippen molar-refractivity contribution in [3.8, 4) is 5.75 Å². The maximum Gasteiger partial charge on any atom is 0.341 e. The highest BCUT2D eigenvalue weighted by Crippen LogP contribution is 2.17. The van der Waals surface area contributed by atoms with E-state index >= 15 is 0 Å². The summed E-state index contributed by atoms with van der Waals surface area (Å²) in [6.45, 7) is 2.50. The van der Waals surface area contributed by atoms with Crippen molar-refractivity contribution in [2.75, 3.05) is 32.8 Å². The Morgan fingerprint density at radius 1 is 1.16 bits per heavy atom. The van der Waals surface area contributed by atoms with E-state index in [1.807, 2.05) is 18.2 Å². The van der Waals surface area contributed by atoms with Crippen molar-refractivity contribution in [2.24, 2.45) is 0 Å². The van der Waals surface area contributed by atoms with Crippen LogP contribution < -0.4 is 15.4 Å². The van der Waals surface area contributed by atoms with E-state index < -0.39 is 5.97 Å². The van der Waals surface area contributed by atoms with Crippen LogP contribution in [-0.2, 0) is 11.3 Å². The molecule has 0 aliphatic heterocycles. The molecule has 19 heavy (non-hydrogen) atoms. The van der Waals surface area contributed by atoms with Gasteiger partial charge >= 0.3 is 5.97 Å². The molecule has 0 unspecified atom stereocenters. The lowest BCUT2D eigenvalue weighted by atomic mass is 10.2. The lowest BCUT2D eigenvalue weighted by Gasteiger charge is -2.11. The highest BCUT2D eigenvalue weighted by atomic mass is 16.5. The Morgan fingerprint density at radius 2 is 1.89 bits per heavy atom. The molecule has 0 saturated heterocycles. The van der Waals surface area contributed by atoms with E-state index in [0.717, 1.165) is 18.7 Å². The molecular formula is C13H20N2O4. The zero-order valence-electron chi connectivity index (χ0n) is 10.8. The molecule has 0 radical (unpaired) electrons. The molecule has 0 atom stereocenters. The van der Waals surface area contributed by atoms with Crippen LogP contribution in [0.4, 0.5) is 0 Å². The number of carbonyl (C=O) groups is 1. The number of hydrogen-bond donors (Lipinski definition) is 4. The molecule has 0 spiro atoms. The van der Waals surface area contributed by atoms with Crippen molar-refractivity contribution >= 4 is 5.97 Å². The first-order chi connectivity index (χ1) is 9.24. The van der Waals surface area contributed by atoms with Gasteiger partial charge in [0.25, 0.3) is 0 Å². The van der Waals surface area contributed by atoms with Gasteiger partial charge in [0.05, 0.1) is 6.61 Å². The quantitative estimate of drug-likeness (QED) is 0.440. The standard InChI is InChI=1S/C13H20N2O4/c16-8-7-14-5-6-15-9-11-3-1-2-4-12(11)19-10-13(17)18/h1-4,14-16H,5-10H2,(H,17,18). The zero-order valence-corrected chi connectivity index (χ0v) is 10.8. The second-order valence-electron chi connectivity index (χ2n) is 3.94. The Balaban J connectivity index is 2.33. The van der Waals surface area contributed by atoms with Gasteiger partial charge in [-0.2, -0.15) is 0 Å². The van der Waals surface area contributed by atoms with Crippen LogP contribution in [0.1, 0.15) is 5.56 Å². The molecule has 6 heteroatoms. The minimum absolute atomic E-state index is 0.131. The third-order valence-corrected chi connectivity index (χ3v) is 2.41. The zero-order chi connectivity index (χ0) is 13.9. The van der Waals surface area contributed by atoms with E-state index in [2.05, 4.69) is 10.6 Å². The van der Waals surface area contributed by atoms with Gasteiger partial charge in [-0.05, 0) is 6.07 Å². The lowest BCUT2D eigenvalue weighted by molar-refractivity contribution is -0.139. The maximum absolute atomic E-state index is 10.5. The fourth-order valence-corrected chi connectivity index (χ4v) is 1.53. The predicted molar refractivity (Wildman–Crippen MR) is 71.2 cm³/mol. The van der Waals surface area contributed by atoms with Crippen LogP contribution >= 0.6 is 0 Å². The molecule has 0 aliphatic rings. The summed E-state index contributed by atoms with van der Waals surface area (Å²) in [5.74, 6) is -0.406. The van der Waals surface area contributed by atoms with Gasteiger partial charge in [0.15, 0.2) is 6.61 Å². The van der Waals surface area contributed by atoms with Crippen molar-refractivity contribution in [2.45, 2.75) is 6.54 Å². The Morgan fingerprint density at radius 3 is 2.63 bits per heavy atom. The van der Waals surface area contributed by atoms with Gasteiger partial charge in [0.1, 0.15) is 5.75 Å². The second-order valence-corrected chi connectivity index (χ2v) is 3.94. The summed E-state index contributed by atoms with van der Waals surface area (Å²) in [5.41, 5.74) is 0.922. The SMILES string of the molecule is O=C(O)COc1ccccc1CNCCNCCO. The molecule has 4 N–H and O–H groups in total. The molecule has 0 aromatic heterocycles. The minimum atomic E-state index is -0.990. The van der Waals surface area contributed by atoms with Gasteiger partial charge in [-0.3, -0.25) is 0 Å². The number of hydrogen-bond acceptors (Lipinski definition) is 5. The van der Waals surface area contributed by atoms with E-state index in [9.17, 15) is 4.79 Å². The van der Waals surface area contributed by atoms with E-state index in [1.54, 1.807) is 6.07 Å². The monoisotopic (exact) mass is 268 g/mol. The molecular weight excluding hydrogens is 248 g/mol. The van der Waals surface area contributed by atoms with Crippen molar-refractivity contribution in [3.63, 3.8) is 0 Å². The molecule has 0 aliphatic carbocycles. The van der Waals surface area contributed by atoms with E-state index in [4.69, 9.17) is 14.9 Å². The number of carboxylic acids is 1. The Kier molecular flexibility index (Phi) is 7.57. The average molecular weight is 268 g/mol. The molecule has 1 aromatic carbocycles. The number of aliphatic hydroxyl groups excluding tert-OH is 1. The third kappa shape index (κ3) is 6.76. The van der Waals surface area contributed by atoms with Gasteiger partial charge in [0, 0.05) is 31.7 Å². The summed E-state index contributed by atoms with van der Waals surface area (Å²) in [4.78, 5) is 10.5. The molecule has 0 fully saturated rings. The molecule has 106 valence electrons. The lowest BCUT2D eigenvalue weighted by Crippen LogP contribution is -2.29. The van der Waals surface area contributed by atoms with Gasteiger partial charge < -0.3 is 25.6 Å². The second kappa shape index (κ2) is 9.32. The number of carboxylic acid groups (broad SMARTS) is 1. The van der Waals surface area contributed by atoms with Crippen LogP contribution in [0.25, 0.3) is 0 Å². The summed E-state index contributed by atoms with van der Waals surface area (Å²) in [7, 11) is 0. The number of aliphatic carboxylic acids is 1. The van der Waals surface area contributed by atoms with Crippen molar-refractivity contribution in [1.29, 1.82) is 0 Å². The summed E-state index contributed by atoms with van der Waals surface area (Å²) >= 11 is 0. The molecule has 0 saturated carbocycles. The highest BCUT2D eigenvalue weighted by Gasteiger charge is 2.04. The molecule has 0 heterocycles. The largest absolute Gasteiger partial charge is 0.482 e. The molecule has 1 aromatic rings. The number of benzene rings is 1. The topological polar surface area (TPSA) is 90.8 Å². The van der Waals surface area contributed by atoms with Gasteiger partial charge in [-0.15, -0.1) is 0 Å². The van der Waals surface area contributed by atoms with Crippen molar-refractivity contribution in [1.82, 2.24) is 10.6 Å². The first-order valence-electron chi connectivity index (χ1n) is 6.19. The molecule has 0 amide bonds. The summed E-state index contributed by atoms with van der Waals surface area (Å²) in [6.07, 6.45) is 0. The fourth-order valence-electron chi connectivity index (χ4n) is 1.53. The van der Waals surface area contributed by atoms with Crippen molar-refractivity contribution < 1.29 is 19.7 Å². The van der Waals surface area contributed by atoms with Crippen LogP contribution in [-0.4, -0.2) is 49.0 Å². The van der Waals surface area contributed by atoms with Crippen LogP contribution in [0, 0.1) is 0 Å². The predicted octanol–water partition coefficient (Wildman–Crippen LogP) is -0.178. The third-order valence-electron chi connectivity index (χ3n) is 2.41. The molecule has 1 rings (SSSR count). The Bertz CT molecular complexity index is 385. The summed E-state index contributed by atoms with van der Waals surface area (Å²) in [5, 5.41) is 23.5. The van der Waals surface area contributed by atoms with E-state index in [0.29, 0.717) is 18.8 Å². The molecule has 0 bridgehead atoms. The van der Waals surface area contributed by atoms with Crippen LogP contribution in [0.2, 0.25) is 0 Å². The van der Waals surface area contributed by atoms with Gasteiger partial charge in [-0.25, -0.2) is 4.79 Å². The number of aliphatic hydroxyl groups is 1. The number of ether oxygens (including phenoxy) is 1. The van der Waals surface area contributed by atoms with Gasteiger partial charge in [0.2, 0.25) is 0 Å². The Hall–Kier alpha value is -1.63. The van der Waals surface area contributed by atoms with E-state index in [-0.39, 0.29) is 13.2 Å². The van der Waals surface area contributed by atoms with E-state index in [1.165, 1.54) is 0 Å². The normalized spacial score (nSPS) is 10.4. The number of para-hydroxylation sites is 1. The highest BCUT2D eigenvalue weighted by molar-refractivity contribution is 5.68. The van der Waals surface area contributed by atoms with Crippen LogP contribution in [0.3, 0.4) is 0 Å². The maximum atomic E-state index is 10.5. The number of nitrogens with one attached hydrogen (secondary N) is 2. The smallest absolute Gasteiger partial charge is 0.341 e. The molecule has 6 nitrogen and oxygen atoms in total. The first kappa shape index (κ1) is 15.4. The van der Waals surface area contributed by atoms with Crippen molar-refractivity contribution in [3.05, 3.63) is 29.8 Å².